The molecule has 0 radical (unpaired) electrons. The van der Waals surface area contributed by atoms with Gasteiger partial charge in [-0.15, -0.1) is 0 Å². The molecule has 4 nitrogen and oxygen atoms in total. The average molecular weight is 613 g/mol. The molecule has 1 aliphatic rings. The molecule has 10 rings (SSSR count). The molecule has 1 aliphatic heterocycles. The van der Waals surface area contributed by atoms with E-state index in [1.54, 1.807) is 0 Å². The third-order valence-electron chi connectivity index (χ3n) is 9.57. The van der Waals surface area contributed by atoms with Gasteiger partial charge in [-0.25, -0.2) is 9.97 Å². The van der Waals surface area contributed by atoms with Crippen molar-refractivity contribution < 1.29 is 0 Å². The summed E-state index contributed by atoms with van der Waals surface area (Å²) < 4.78 is 2.28. The van der Waals surface area contributed by atoms with Crippen LogP contribution in [0.4, 0.5) is 17.1 Å². The van der Waals surface area contributed by atoms with Crippen LogP contribution in [0.1, 0.15) is 11.1 Å². The predicted molar refractivity (Wildman–Crippen MR) is 200 cm³/mol. The maximum atomic E-state index is 5.25. The number of para-hydroxylation sites is 3. The van der Waals surface area contributed by atoms with E-state index in [2.05, 4.69) is 161 Å². The lowest BCUT2D eigenvalue weighted by Gasteiger charge is -2.28. The van der Waals surface area contributed by atoms with Gasteiger partial charge in [-0.05, 0) is 65.0 Å². The molecule has 224 valence electrons. The number of pyridine rings is 2. The number of hydrogen-bond donors (Lipinski definition) is 0. The highest BCUT2D eigenvalue weighted by Crippen LogP contribution is 2.45. The number of fused-ring (bicyclic) bond motifs is 8. The van der Waals surface area contributed by atoms with Crippen molar-refractivity contribution in [3.63, 3.8) is 0 Å². The van der Waals surface area contributed by atoms with E-state index in [-0.39, 0.29) is 0 Å². The Morgan fingerprint density at radius 3 is 2.04 bits per heavy atom. The molecular formula is C44H28N4. The Bertz CT molecular complexity index is 2740. The van der Waals surface area contributed by atoms with Crippen LogP contribution in [0.15, 0.2) is 158 Å². The first-order valence-corrected chi connectivity index (χ1v) is 16.3. The molecule has 3 aromatic heterocycles. The molecular weight excluding hydrogens is 585 g/mol. The number of benzene rings is 6. The first kappa shape index (κ1) is 26.7. The van der Waals surface area contributed by atoms with Gasteiger partial charge in [0.05, 0.1) is 33.6 Å². The monoisotopic (exact) mass is 612 g/mol. The van der Waals surface area contributed by atoms with Gasteiger partial charge < -0.3 is 4.90 Å². The highest BCUT2D eigenvalue weighted by atomic mass is 15.2. The molecule has 0 saturated heterocycles. The van der Waals surface area contributed by atoms with Gasteiger partial charge in [0.25, 0.3) is 0 Å². The number of aromatic nitrogens is 3. The first-order valence-electron chi connectivity index (χ1n) is 16.3. The van der Waals surface area contributed by atoms with Crippen molar-refractivity contribution in [2.75, 3.05) is 4.90 Å². The third-order valence-corrected chi connectivity index (χ3v) is 9.57. The van der Waals surface area contributed by atoms with E-state index in [1.807, 2.05) is 18.3 Å². The second-order valence-corrected chi connectivity index (χ2v) is 12.3. The topological polar surface area (TPSA) is 34.0 Å². The van der Waals surface area contributed by atoms with E-state index >= 15 is 0 Å². The molecule has 0 aliphatic carbocycles. The minimum Gasteiger partial charge on any atom is -0.309 e. The highest BCUT2D eigenvalue weighted by Gasteiger charge is 2.23. The summed E-state index contributed by atoms with van der Waals surface area (Å²) in [7, 11) is 0. The molecule has 0 bridgehead atoms. The van der Waals surface area contributed by atoms with E-state index in [0.29, 0.717) is 0 Å². The van der Waals surface area contributed by atoms with Crippen LogP contribution in [0.3, 0.4) is 0 Å². The summed E-state index contributed by atoms with van der Waals surface area (Å²) in [5.74, 6) is 0.899. The molecule has 4 heteroatoms. The van der Waals surface area contributed by atoms with Crippen molar-refractivity contribution in [2.24, 2.45) is 0 Å². The molecule has 4 heterocycles. The van der Waals surface area contributed by atoms with E-state index in [1.165, 1.54) is 21.5 Å². The van der Waals surface area contributed by atoms with Crippen molar-refractivity contribution in [2.45, 2.75) is 0 Å². The van der Waals surface area contributed by atoms with Crippen LogP contribution in [0.5, 0.6) is 0 Å². The largest absolute Gasteiger partial charge is 0.309 e. The van der Waals surface area contributed by atoms with Crippen molar-refractivity contribution >= 4 is 72.7 Å². The molecule has 0 N–H and O–H groups in total. The Kier molecular flexibility index (Phi) is 5.84. The minimum atomic E-state index is 0.899. The molecule has 0 saturated carbocycles. The molecule has 0 amide bonds. The Labute approximate surface area is 277 Å². The van der Waals surface area contributed by atoms with Crippen LogP contribution in [0.25, 0.3) is 72.7 Å². The van der Waals surface area contributed by atoms with Crippen LogP contribution < -0.4 is 4.90 Å². The van der Waals surface area contributed by atoms with Crippen molar-refractivity contribution in [1.29, 1.82) is 0 Å². The van der Waals surface area contributed by atoms with Gasteiger partial charge in [0.15, 0.2) is 0 Å². The molecule has 0 fully saturated rings. The van der Waals surface area contributed by atoms with Gasteiger partial charge in [0.1, 0.15) is 5.82 Å². The van der Waals surface area contributed by atoms with E-state index in [9.17, 15) is 0 Å². The smallest absolute Gasteiger partial charge is 0.137 e. The number of nitrogens with zero attached hydrogens (tertiary/aromatic N) is 4. The van der Waals surface area contributed by atoms with Crippen LogP contribution in [0.2, 0.25) is 0 Å². The number of rotatable bonds is 3. The fourth-order valence-electron chi connectivity index (χ4n) is 7.40. The lowest BCUT2D eigenvalue weighted by atomic mass is 9.98. The zero-order valence-electron chi connectivity index (χ0n) is 26.0. The zero-order valence-corrected chi connectivity index (χ0v) is 26.0. The van der Waals surface area contributed by atoms with Crippen molar-refractivity contribution in [1.82, 2.24) is 14.5 Å². The molecule has 0 unspecified atom stereocenters. The van der Waals surface area contributed by atoms with Gasteiger partial charge in [-0.1, -0.05) is 115 Å². The van der Waals surface area contributed by atoms with Crippen molar-refractivity contribution in [3.05, 3.63) is 169 Å². The van der Waals surface area contributed by atoms with Crippen LogP contribution in [-0.4, -0.2) is 14.5 Å². The third kappa shape index (κ3) is 4.03. The Morgan fingerprint density at radius 2 is 1.17 bits per heavy atom. The summed E-state index contributed by atoms with van der Waals surface area (Å²) in [5, 5.41) is 5.93. The van der Waals surface area contributed by atoms with Crippen molar-refractivity contribution in [3.8, 4) is 17.1 Å². The summed E-state index contributed by atoms with van der Waals surface area (Å²) in [6, 6.07) is 53.9. The number of anilines is 3. The molecule has 48 heavy (non-hydrogen) atoms. The summed E-state index contributed by atoms with van der Waals surface area (Å²) in [6.07, 6.45) is 6.31. The fraction of sp³-hybridized carbons (Fsp3) is 0. The standard InChI is InChI=1S/C44H28N4/c1-7-17-39-29(11-1)20-21-30-22-23-31(44-37-15-3-2-12-33(37)34-13-4-6-16-38(34)46-44)27-41(30)47(39)32-24-25-36-35-14-5-8-18-40(35)48(42(36)28-32)43-19-9-10-26-45-43/h1-28H. The van der Waals surface area contributed by atoms with Gasteiger partial charge in [-0.2, -0.15) is 0 Å². The van der Waals surface area contributed by atoms with E-state index < -0.39 is 0 Å². The van der Waals surface area contributed by atoms with Gasteiger partial charge >= 0.3 is 0 Å². The lowest BCUT2D eigenvalue weighted by molar-refractivity contribution is 1.08. The molecule has 9 aromatic rings. The van der Waals surface area contributed by atoms with Gasteiger partial charge in [-0.3, -0.25) is 4.57 Å². The fourth-order valence-corrected chi connectivity index (χ4v) is 7.40. The minimum absolute atomic E-state index is 0.899. The maximum absolute atomic E-state index is 5.25. The van der Waals surface area contributed by atoms with Gasteiger partial charge in [0.2, 0.25) is 0 Å². The highest BCUT2D eigenvalue weighted by molar-refractivity contribution is 6.12. The second-order valence-electron chi connectivity index (χ2n) is 12.3. The Hall–Kier alpha value is -6.52. The zero-order chi connectivity index (χ0) is 31.6. The Morgan fingerprint density at radius 1 is 0.458 bits per heavy atom. The van der Waals surface area contributed by atoms with Crippen LogP contribution in [0, 0.1) is 0 Å². The van der Waals surface area contributed by atoms with Crippen LogP contribution in [-0.2, 0) is 0 Å². The molecule has 0 spiro atoms. The number of hydrogen-bond acceptors (Lipinski definition) is 3. The Balaban J connectivity index is 1.24. The van der Waals surface area contributed by atoms with E-state index in [0.717, 1.165) is 67.2 Å². The second kappa shape index (κ2) is 10.5. The lowest BCUT2D eigenvalue weighted by Crippen LogP contribution is -2.12. The maximum Gasteiger partial charge on any atom is 0.137 e. The molecule has 6 aromatic carbocycles. The molecule has 0 atom stereocenters. The summed E-state index contributed by atoms with van der Waals surface area (Å²) in [6.45, 7) is 0. The first-order chi connectivity index (χ1) is 23.8. The summed E-state index contributed by atoms with van der Waals surface area (Å²) in [5.41, 5.74) is 10.9. The summed E-state index contributed by atoms with van der Waals surface area (Å²) >= 11 is 0. The normalized spacial score (nSPS) is 12.5. The quantitative estimate of drug-likeness (QED) is 0.186. The van der Waals surface area contributed by atoms with E-state index in [4.69, 9.17) is 9.97 Å². The summed E-state index contributed by atoms with van der Waals surface area (Å²) in [4.78, 5) is 12.4. The predicted octanol–water partition coefficient (Wildman–Crippen LogP) is 11.5. The van der Waals surface area contributed by atoms with Gasteiger partial charge in [0, 0.05) is 39.0 Å². The average Bonchev–Trinajstić information content (AvgIpc) is 3.38. The van der Waals surface area contributed by atoms with Crippen LogP contribution >= 0.6 is 0 Å². The SMILES string of the molecule is C1=Cc2ccc(-c3nc4ccccc4c4ccccc34)cc2N(c2ccc3c4ccccc4n(-c4ccccn4)c3c2)c2ccccc21.